The van der Waals surface area contributed by atoms with Gasteiger partial charge in [0.1, 0.15) is 5.82 Å². The van der Waals surface area contributed by atoms with Gasteiger partial charge in [-0.3, -0.25) is 15.4 Å². The molecule has 10 nitrogen and oxygen atoms in total. The number of pyridine rings is 1. The third-order valence-electron chi connectivity index (χ3n) is 4.48. The minimum Gasteiger partial charge on any atom is -0.314 e. The van der Waals surface area contributed by atoms with Gasteiger partial charge in [0.05, 0.1) is 39.3 Å². The van der Waals surface area contributed by atoms with Crippen molar-refractivity contribution in [3.05, 3.63) is 56.7 Å². The lowest BCUT2D eigenvalue weighted by molar-refractivity contribution is -0.384. The average molecular weight is 411 g/mol. The molecule has 1 aliphatic rings. The van der Waals surface area contributed by atoms with Crippen molar-refractivity contribution in [2.75, 3.05) is 5.32 Å². The van der Waals surface area contributed by atoms with Crippen LogP contribution in [-0.2, 0) is 19.5 Å². The molecule has 1 N–H and O–H groups in total. The van der Waals surface area contributed by atoms with E-state index in [-0.39, 0.29) is 11.5 Å². The quantitative estimate of drug-likeness (QED) is 0.515. The Morgan fingerprint density at radius 3 is 2.79 bits per heavy atom. The van der Waals surface area contributed by atoms with Gasteiger partial charge >= 0.3 is 11.7 Å². The Labute approximate surface area is 169 Å². The fourth-order valence-corrected chi connectivity index (χ4v) is 3.74. The second kappa shape index (κ2) is 7.51. The van der Waals surface area contributed by atoms with Crippen LogP contribution >= 0.6 is 11.3 Å². The molecule has 3 aromatic rings. The second-order valence-corrected chi connectivity index (χ2v) is 7.70. The van der Waals surface area contributed by atoms with Crippen molar-refractivity contribution >= 4 is 28.9 Å². The van der Waals surface area contributed by atoms with E-state index in [0.29, 0.717) is 25.2 Å². The standard InChI is InChI=1S/C18H17N7O3S/c1-3-16-20-6-11-8-24(9-13(11)21-16)18(26)23-17-14(25(27)28)5-4-12(22-17)15-7-19-10(2)29-15/h4-7H,3,8-9H2,1-2H3,(H,22,23,26). The van der Waals surface area contributed by atoms with E-state index in [1.165, 1.54) is 22.3 Å². The largest absolute Gasteiger partial charge is 0.323 e. The monoisotopic (exact) mass is 411 g/mol. The molecule has 0 radical (unpaired) electrons. The number of aryl methyl sites for hydroxylation is 2. The lowest BCUT2D eigenvalue weighted by Gasteiger charge is -2.15. The topological polar surface area (TPSA) is 127 Å². The highest BCUT2D eigenvalue weighted by Gasteiger charge is 2.27. The van der Waals surface area contributed by atoms with Crippen molar-refractivity contribution in [3.63, 3.8) is 0 Å². The van der Waals surface area contributed by atoms with Gasteiger partial charge in [-0.15, -0.1) is 11.3 Å². The van der Waals surface area contributed by atoms with Gasteiger partial charge in [0.15, 0.2) is 0 Å². The highest BCUT2D eigenvalue weighted by atomic mass is 32.1. The Hall–Kier alpha value is -3.47. The first-order chi connectivity index (χ1) is 13.9. The first-order valence-corrected chi connectivity index (χ1v) is 9.74. The number of fused-ring (bicyclic) bond motifs is 1. The van der Waals surface area contributed by atoms with Gasteiger partial charge in [0.2, 0.25) is 5.82 Å². The summed E-state index contributed by atoms with van der Waals surface area (Å²) in [6.45, 7) is 4.48. The van der Waals surface area contributed by atoms with E-state index in [4.69, 9.17) is 0 Å². The zero-order valence-corrected chi connectivity index (χ0v) is 16.6. The number of urea groups is 1. The van der Waals surface area contributed by atoms with Crippen molar-refractivity contribution in [2.24, 2.45) is 0 Å². The predicted octanol–water partition coefficient (Wildman–Crippen LogP) is 3.32. The molecule has 148 valence electrons. The number of anilines is 1. The van der Waals surface area contributed by atoms with E-state index in [0.717, 1.165) is 27.0 Å². The lowest BCUT2D eigenvalue weighted by Crippen LogP contribution is -2.31. The van der Waals surface area contributed by atoms with Gasteiger partial charge in [0.25, 0.3) is 0 Å². The van der Waals surface area contributed by atoms with Gasteiger partial charge in [-0.05, 0) is 13.0 Å². The number of aromatic nitrogens is 4. The van der Waals surface area contributed by atoms with Crippen molar-refractivity contribution in [1.82, 2.24) is 24.8 Å². The number of nitrogens with one attached hydrogen (secondary N) is 1. The normalized spacial score (nSPS) is 12.7. The maximum Gasteiger partial charge on any atom is 0.323 e. The molecule has 0 aliphatic carbocycles. The van der Waals surface area contributed by atoms with E-state index in [2.05, 4.69) is 25.3 Å². The molecule has 4 heterocycles. The predicted molar refractivity (Wildman–Crippen MR) is 106 cm³/mol. The van der Waals surface area contributed by atoms with Gasteiger partial charge in [-0.25, -0.2) is 24.7 Å². The molecule has 1 aliphatic heterocycles. The van der Waals surface area contributed by atoms with Gasteiger partial charge < -0.3 is 4.90 Å². The summed E-state index contributed by atoms with van der Waals surface area (Å²) in [4.78, 5) is 43.1. The Kier molecular flexibility index (Phi) is 4.89. The summed E-state index contributed by atoms with van der Waals surface area (Å²) in [5.41, 5.74) is 1.91. The smallest absolute Gasteiger partial charge is 0.314 e. The van der Waals surface area contributed by atoms with Crippen LogP contribution in [0.1, 0.15) is 29.0 Å². The molecule has 0 atom stereocenters. The summed E-state index contributed by atoms with van der Waals surface area (Å²) in [6, 6.07) is 2.41. The molecular weight excluding hydrogens is 394 g/mol. The molecule has 0 unspecified atom stereocenters. The van der Waals surface area contributed by atoms with E-state index in [1.54, 1.807) is 18.5 Å². The van der Waals surface area contributed by atoms with Gasteiger partial charge in [0, 0.05) is 30.4 Å². The summed E-state index contributed by atoms with van der Waals surface area (Å²) in [6.07, 6.45) is 4.09. The van der Waals surface area contributed by atoms with Gasteiger partial charge in [-0.2, -0.15) is 0 Å². The molecule has 3 aromatic heterocycles. The summed E-state index contributed by atoms with van der Waals surface area (Å²) >= 11 is 1.42. The molecule has 4 rings (SSSR count). The molecule has 11 heteroatoms. The number of hydrogen-bond acceptors (Lipinski definition) is 8. The zero-order chi connectivity index (χ0) is 20.5. The van der Waals surface area contributed by atoms with Crippen LogP contribution in [0.2, 0.25) is 0 Å². The van der Waals surface area contributed by atoms with Crippen LogP contribution in [0.15, 0.2) is 24.5 Å². The molecule has 0 spiro atoms. The van der Waals surface area contributed by atoms with Crippen LogP contribution in [0.25, 0.3) is 10.6 Å². The van der Waals surface area contributed by atoms with E-state index in [9.17, 15) is 14.9 Å². The third-order valence-corrected chi connectivity index (χ3v) is 5.41. The number of carbonyl (C=O) groups excluding carboxylic acids is 1. The maximum atomic E-state index is 12.8. The number of nitro groups is 1. The van der Waals surface area contributed by atoms with Crippen molar-refractivity contribution in [1.29, 1.82) is 0 Å². The Bertz CT molecular complexity index is 1110. The molecule has 2 amide bonds. The SMILES string of the molecule is CCc1ncc2c(n1)CN(C(=O)Nc1nc(-c3cnc(C)s3)ccc1[N+](=O)[O-])C2. The van der Waals surface area contributed by atoms with Crippen LogP contribution in [-0.4, -0.2) is 35.8 Å². The zero-order valence-electron chi connectivity index (χ0n) is 15.7. The number of nitrogens with zero attached hydrogens (tertiary/aromatic N) is 6. The average Bonchev–Trinajstić information content (AvgIpc) is 3.33. The number of rotatable bonds is 4. The van der Waals surface area contributed by atoms with Crippen molar-refractivity contribution < 1.29 is 9.72 Å². The van der Waals surface area contributed by atoms with Crippen LogP contribution in [0.5, 0.6) is 0 Å². The summed E-state index contributed by atoms with van der Waals surface area (Å²) in [5, 5.41) is 14.8. The minimum absolute atomic E-state index is 0.0974. The highest BCUT2D eigenvalue weighted by Crippen LogP contribution is 2.30. The molecule has 0 aromatic carbocycles. The first-order valence-electron chi connectivity index (χ1n) is 8.92. The van der Waals surface area contributed by atoms with Gasteiger partial charge in [-0.1, -0.05) is 6.92 Å². The maximum absolute atomic E-state index is 12.8. The fraction of sp³-hybridized carbons (Fsp3) is 0.278. The molecule has 0 fully saturated rings. The van der Waals surface area contributed by atoms with Crippen LogP contribution in [0, 0.1) is 17.0 Å². The van der Waals surface area contributed by atoms with Crippen LogP contribution < -0.4 is 5.32 Å². The minimum atomic E-state index is -0.567. The second-order valence-electron chi connectivity index (χ2n) is 6.46. The lowest BCUT2D eigenvalue weighted by atomic mass is 10.3. The molecule has 0 saturated carbocycles. The van der Waals surface area contributed by atoms with E-state index in [1.807, 2.05) is 13.8 Å². The van der Waals surface area contributed by atoms with Crippen molar-refractivity contribution in [2.45, 2.75) is 33.4 Å². The highest BCUT2D eigenvalue weighted by molar-refractivity contribution is 7.15. The third kappa shape index (κ3) is 3.76. The number of carbonyl (C=O) groups is 1. The Morgan fingerprint density at radius 1 is 1.28 bits per heavy atom. The summed E-state index contributed by atoms with van der Waals surface area (Å²) in [7, 11) is 0. The first kappa shape index (κ1) is 18.9. The van der Waals surface area contributed by atoms with E-state index < -0.39 is 11.0 Å². The molecular formula is C18H17N7O3S. The van der Waals surface area contributed by atoms with Crippen LogP contribution in [0.3, 0.4) is 0 Å². The molecule has 0 saturated heterocycles. The van der Waals surface area contributed by atoms with E-state index >= 15 is 0 Å². The number of amides is 2. The van der Waals surface area contributed by atoms with Crippen molar-refractivity contribution in [3.8, 4) is 10.6 Å². The Morgan fingerprint density at radius 2 is 2.10 bits per heavy atom. The number of thiazole rings is 1. The molecule has 0 bridgehead atoms. The summed E-state index contributed by atoms with van der Waals surface area (Å²) < 4.78 is 0. The Balaban J connectivity index is 1.58. The van der Waals surface area contributed by atoms with Crippen LogP contribution in [0.4, 0.5) is 16.3 Å². The fourth-order valence-electron chi connectivity index (χ4n) is 3.00. The number of hydrogen-bond donors (Lipinski definition) is 1. The summed E-state index contributed by atoms with van der Waals surface area (Å²) in [5.74, 6) is 0.621. The molecule has 29 heavy (non-hydrogen) atoms.